The number of ketones is 1. The van der Waals surface area contributed by atoms with Gasteiger partial charge in [-0.25, -0.2) is 4.98 Å². The summed E-state index contributed by atoms with van der Waals surface area (Å²) in [4.78, 5) is 27.6. The van der Waals surface area contributed by atoms with Crippen molar-refractivity contribution in [3.8, 4) is 23.4 Å². The third-order valence-corrected chi connectivity index (χ3v) is 3.18. The number of carbonyl (C=O) groups excluding carboxylic acids is 2. The van der Waals surface area contributed by atoms with Crippen molar-refractivity contribution >= 4 is 11.8 Å². The Morgan fingerprint density at radius 1 is 1.24 bits per heavy atom. The highest BCUT2D eigenvalue weighted by molar-refractivity contribution is 5.98. The molecule has 25 heavy (non-hydrogen) atoms. The van der Waals surface area contributed by atoms with E-state index in [2.05, 4.69) is 4.98 Å². The number of carbonyl (C=O) groups is 2. The fraction of sp³-hybridized carbons (Fsp3) is 0.222. The highest BCUT2D eigenvalue weighted by Crippen LogP contribution is 2.28. The molecule has 0 spiro atoms. The van der Waals surface area contributed by atoms with Gasteiger partial charge in [0.25, 0.3) is 0 Å². The summed E-state index contributed by atoms with van der Waals surface area (Å²) in [6, 6.07) is 11.7. The van der Waals surface area contributed by atoms with E-state index in [0.29, 0.717) is 5.75 Å². The third kappa shape index (κ3) is 4.78. The Morgan fingerprint density at radius 2 is 1.96 bits per heavy atom. The van der Waals surface area contributed by atoms with E-state index in [1.165, 1.54) is 6.07 Å². The number of aromatic nitrogens is 1. The van der Waals surface area contributed by atoms with E-state index in [1.807, 2.05) is 6.07 Å². The molecule has 0 amide bonds. The highest BCUT2D eigenvalue weighted by atomic mass is 16.5. The van der Waals surface area contributed by atoms with Crippen molar-refractivity contribution in [1.29, 1.82) is 5.26 Å². The molecule has 2 rings (SSSR count). The predicted molar refractivity (Wildman–Crippen MR) is 87.3 cm³/mol. The Hall–Kier alpha value is -3.40. The van der Waals surface area contributed by atoms with Gasteiger partial charge < -0.3 is 14.6 Å². The van der Waals surface area contributed by atoms with E-state index in [9.17, 15) is 14.7 Å². The van der Waals surface area contributed by atoms with Crippen molar-refractivity contribution < 1.29 is 24.2 Å². The van der Waals surface area contributed by atoms with Gasteiger partial charge in [0.2, 0.25) is 5.88 Å². The first-order chi connectivity index (χ1) is 12.0. The number of aromatic hydroxyl groups is 1. The van der Waals surface area contributed by atoms with E-state index in [1.54, 1.807) is 37.3 Å². The lowest BCUT2D eigenvalue weighted by Crippen LogP contribution is -2.10. The lowest BCUT2D eigenvalue weighted by atomic mass is 10.1. The molecule has 7 nitrogen and oxygen atoms in total. The van der Waals surface area contributed by atoms with Crippen LogP contribution in [-0.2, 0) is 9.53 Å². The van der Waals surface area contributed by atoms with Crippen LogP contribution in [0.4, 0.5) is 0 Å². The van der Waals surface area contributed by atoms with Crippen molar-refractivity contribution in [3.05, 3.63) is 47.7 Å². The molecule has 0 saturated carbocycles. The molecule has 1 N–H and O–H groups in total. The van der Waals surface area contributed by atoms with Crippen LogP contribution in [0.3, 0.4) is 0 Å². The molecule has 7 heteroatoms. The summed E-state index contributed by atoms with van der Waals surface area (Å²) >= 11 is 0. The molecule has 0 unspecified atom stereocenters. The molecular formula is C18H16N2O5. The van der Waals surface area contributed by atoms with Crippen molar-refractivity contribution in [2.45, 2.75) is 19.8 Å². The Kier molecular flexibility index (Phi) is 6.07. The topological polar surface area (TPSA) is 110 Å². The number of nitrogens with zero attached hydrogens (tertiary/aromatic N) is 2. The molecule has 2 aromatic rings. The molecule has 0 fully saturated rings. The molecule has 0 bridgehead atoms. The number of pyridine rings is 1. The summed E-state index contributed by atoms with van der Waals surface area (Å²) in [5, 5.41) is 19.2. The van der Waals surface area contributed by atoms with Gasteiger partial charge in [-0.2, -0.15) is 5.26 Å². The first kappa shape index (κ1) is 17.9. The minimum absolute atomic E-state index is 0.0000322. The van der Waals surface area contributed by atoms with Gasteiger partial charge in [-0.15, -0.1) is 0 Å². The summed E-state index contributed by atoms with van der Waals surface area (Å²) in [6.45, 7) is 1.88. The molecule has 0 saturated heterocycles. The molecule has 1 heterocycles. The van der Waals surface area contributed by atoms with Crippen LogP contribution in [0.1, 0.15) is 35.8 Å². The molecule has 0 atom stereocenters. The van der Waals surface area contributed by atoms with Crippen LogP contribution in [0.2, 0.25) is 0 Å². The average molecular weight is 340 g/mol. The van der Waals surface area contributed by atoms with Crippen molar-refractivity contribution in [2.75, 3.05) is 6.61 Å². The highest BCUT2D eigenvalue weighted by Gasteiger charge is 2.20. The number of rotatable bonds is 7. The molecule has 0 aliphatic rings. The van der Waals surface area contributed by atoms with Gasteiger partial charge in [-0.3, -0.25) is 9.59 Å². The summed E-state index contributed by atoms with van der Waals surface area (Å²) in [5.41, 5.74) is -0.449. The quantitative estimate of drug-likeness (QED) is 0.609. The maximum Gasteiger partial charge on any atom is 0.306 e. The minimum atomic E-state index is -0.583. The Balaban J connectivity index is 2.24. The zero-order valence-corrected chi connectivity index (χ0v) is 13.6. The van der Waals surface area contributed by atoms with Crippen molar-refractivity contribution in [3.63, 3.8) is 0 Å². The van der Waals surface area contributed by atoms with Crippen LogP contribution in [0.15, 0.2) is 36.4 Å². The molecule has 0 aliphatic carbocycles. The van der Waals surface area contributed by atoms with E-state index in [0.717, 1.165) is 0 Å². The Morgan fingerprint density at radius 3 is 2.60 bits per heavy atom. The van der Waals surface area contributed by atoms with Gasteiger partial charge >= 0.3 is 5.97 Å². The number of hydrogen-bond acceptors (Lipinski definition) is 7. The van der Waals surface area contributed by atoms with Gasteiger partial charge in [-0.05, 0) is 19.1 Å². The fourth-order valence-corrected chi connectivity index (χ4v) is 2.02. The van der Waals surface area contributed by atoms with Crippen molar-refractivity contribution in [2.24, 2.45) is 0 Å². The molecular weight excluding hydrogens is 324 g/mol. The standard InChI is InChI=1S/C18H16N2O5/c1-2-24-16(22)9-8-14(21)17-18(23)12(11-19)10-15(20-17)25-13-6-4-3-5-7-13/h3-7,10,23H,2,8-9H2,1H3. The van der Waals surface area contributed by atoms with E-state index in [4.69, 9.17) is 14.7 Å². The Bertz CT molecular complexity index is 812. The summed E-state index contributed by atoms with van der Waals surface area (Å²) in [5.74, 6) is -1.17. The third-order valence-electron chi connectivity index (χ3n) is 3.18. The van der Waals surface area contributed by atoms with Gasteiger partial charge in [-0.1, -0.05) is 18.2 Å². The fourth-order valence-electron chi connectivity index (χ4n) is 2.02. The Labute approximate surface area is 144 Å². The second-order valence-corrected chi connectivity index (χ2v) is 4.96. The number of benzene rings is 1. The molecule has 0 radical (unpaired) electrons. The number of Topliss-reactive ketones (excluding diaryl/α,β-unsaturated/α-hetero) is 1. The van der Waals surface area contributed by atoms with E-state index < -0.39 is 17.5 Å². The second kappa shape index (κ2) is 8.45. The summed E-state index contributed by atoms with van der Waals surface area (Å²) < 4.78 is 10.3. The zero-order chi connectivity index (χ0) is 18.2. The first-order valence-corrected chi connectivity index (χ1v) is 7.61. The smallest absolute Gasteiger partial charge is 0.306 e. The number of hydrogen-bond donors (Lipinski definition) is 1. The molecule has 0 aliphatic heterocycles. The summed E-state index contributed by atoms with van der Waals surface area (Å²) in [6.07, 6.45) is -0.335. The maximum atomic E-state index is 12.3. The predicted octanol–water partition coefficient (Wildman–Crippen LogP) is 2.98. The average Bonchev–Trinajstić information content (AvgIpc) is 2.62. The largest absolute Gasteiger partial charge is 0.504 e. The summed E-state index contributed by atoms with van der Waals surface area (Å²) in [7, 11) is 0. The van der Waals surface area contributed by atoms with E-state index >= 15 is 0 Å². The van der Waals surface area contributed by atoms with Crippen molar-refractivity contribution in [1.82, 2.24) is 4.98 Å². The van der Waals surface area contributed by atoms with Crippen LogP contribution in [0, 0.1) is 11.3 Å². The van der Waals surface area contributed by atoms with Crippen LogP contribution < -0.4 is 4.74 Å². The lowest BCUT2D eigenvalue weighted by molar-refractivity contribution is -0.143. The number of nitriles is 1. The van der Waals surface area contributed by atoms with Gasteiger partial charge in [0.15, 0.2) is 17.2 Å². The number of para-hydroxylation sites is 1. The zero-order valence-electron chi connectivity index (χ0n) is 13.6. The molecule has 128 valence electrons. The van der Waals surface area contributed by atoms with Crippen LogP contribution in [0.25, 0.3) is 0 Å². The lowest BCUT2D eigenvalue weighted by Gasteiger charge is -2.09. The molecule has 1 aromatic carbocycles. The number of ether oxygens (including phenoxy) is 2. The van der Waals surface area contributed by atoms with Gasteiger partial charge in [0, 0.05) is 12.5 Å². The van der Waals surface area contributed by atoms with E-state index in [-0.39, 0.29) is 36.6 Å². The minimum Gasteiger partial charge on any atom is -0.504 e. The molecule has 1 aromatic heterocycles. The maximum absolute atomic E-state index is 12.3. The first-order valence-electron chi connectivity index (χ1n) is 7.61. The SMILES string of the molecule is CCOC(=O)CCC(=O)c1nc(Oc2ccccc2)cc(C#N)c1O. The number of esters is 1. The normalized spacial score (nSPS) is 9.92. The second-order valence-electron chi connectivity index (χ2n) is 4.96. The van der Waals surface area contributed by atoms with Gasteiger partial charge in [0.1, 0.15) is 17.4 Å². The van der Waals surface area contributed by atoms with Crippen LogP contribution >= 0.6 is 0 Å². The van der Waals surface area contributed by atoms with Gasteiger partial charge in [0.05, 0.1) is 13.0 Å². The van der Waals surface area contributed by atoms with Crippen LogP contribution in [0.5, 0.6) is 17.4 Å². The van der Waals surface area contributed by atoms with Crippen LogP contribution in [-0.4, -0.2) is 28.4 Å². The monoisotopic (exact) mass is 340 g/mol.